The minimum absolute atomic E-state index is 0.199. The van der Waals surface area contributed by atoms with Crippen LogP contribution in [0.4, 0.5) is 35.1 Å². The first kappa shape index (κ1) is 24.3. The number of ether oxygens (including phenoxy) is 2. The first-order valence-corrected chi connectivity index (χ1v) is 6.98. The third kappa shape index (κ3) is 4.72. The molecule has 152 valence electrons. The highest BCUT2D eigenvalue weighted by Crippen LogP contribution is 2.51. The molecule has 1 atom stereocenters. The third-order valence-electron chi connectivity index (χ3n) is 3.73. The van der Waals surface area contributed by atoms with Gasteiger partial charge in [0.2, 0.25) is 0 Å². The summed E-state index contributed by atoms with van der Waals surface area (Å²) in [5.74, 6) is -9.85. The molecule has 12 heteroatoms. The monoisotopic (exact) mass is 392 g/mol. The maximum Gasteiger partial charge on any atom is 0.423 e. The van der Waals surface area contributed by atoms with Crippen LogP contribution in [-0.4, -0.2) is 58.7 Å². The Morgan fingerprint density at radius 3 is 1.52 bits per heavy atom. The average Bonchev–Trinajstić information content (AvgIpc) is 2.44. The van der Waals surface area contributed by atoms with Crippen molar-refractivity contribution in [3.05, 3.63) is 0 Å². The first-order chi connectivity index (χ1) is 10.8. The fraction of sp³-hybridized carbons (Fsp3) is 1.00. The van der Waals surface area contributed by atoms with Gasteiger partial charge in [0.15, 0.2) is 0 Å². The van der Waals surface area contributed by atoms with E-state index in [9.17, 15) is 35.1 Å². The van der Waals surface area contributed by atoms with Crippen molar-refractivity contribution in [3.63, 3.8) is 0 Å². The normalized spacial score (nSPS) is 17.5. The molecule has 0 heterocycles. The molecule has 0 spiro atoms. The van der Waals surface area contributed by atoms with Crippen LogP contribution in [0.5, 0.6) is 0 Å². The molecule has 0 rings (SSSR count). The van der Waals surface area contributed by atoms with Crippen molar-refractivity contribution in [1.29, 1.82) is 0 Å². The maximum atomic E-state index is 14.2. The average molecular weight is 392 g/mol. The summed E-state index contributed by atoms with van der Waals surface area (Å²) in [6, 6.07) is 0. The lowest BCUT2D eigenvalue weighted by Gasteiger charge is -2.44. The van der Waals surface area contributed by atoms with Gasteiger partial charge in [-0.2, -0.15) is 26.3 Å². The summed E-state index contributed by atoms with van der Waals surface area (Å²) >= 11 is 0. The molecule has 0 aromatic heterocycles. The summed E-state index contributed by atoms with van der Waals surface area (Å²) in [6.07, 6.45) is -11.4. The van der Waals surface area contributed by atoms with E-state index < -0.39 is 54.9 Å². The summed E-state index contributed by atoms with van der Waals surface area (Å²) in [6.45, 7) is -2.40. The van der Waals surface area contributed by atoms with E-state index >= 15 is 0 Å². The fourth-order valence-electron chi connectivity index (χ4n) is 1.68. The fourth-order valence-corrected chi connectivity index (χ4v) is 1.68. The lowest BCUT2D eigenvalue weighted by atomic mass is 9.92. The quantitative estimate of drug-likeness (QED) is 0.560. The molecule has 0 aliphatic heterocycles. The van der Waals surface area contributed by atoms with Crippen LogP contribution in [0.25, 0.3) is 0 Å². The van der Waals surface area contributed by atoms with Gasteiger partial charge in [-0.15, -0.1) is 0 Å². The van der Waals surface area contributed by atoms with E-state index in [4.69, 9.17) is 10.2 Å². The van der Waals surface area contributed by atoms with Crippen molar-refractivity contribution in [2.75, 3.05) is 13.2 Å². The molecule has 1 unspecified atom stereocenters. The molecule has 2 N–H and O–H groups in total. The van der Waals surface area contributed by atoms with Crippen LogP contribution in [0.15, 0.2) is 0 Å². The van der Waals surface area contributed by atoms with Crippen LogP contribution in [0, 0.1) is 0 Å². The Balaban J connectivity index is 5.85. The van der Waals surface area contributed by atoms with E-state index in [0.29, 0.717) is 13.8 Å². The van der Waals surface area contributed by atoms with Gasteiger partial charge in [-0.25, -0.2) is 8.78 Å². The van der Waals surface area contributed by atoms with Gasteiger partial charge < -0.3 is 19.7 Å². The van der Waals surface area contributed by atoms with E-state index in [0.717, 1.165) is 6.92 Å². The number of alkyl halides is 8. The number of hydrogen-bond donors (Lipinski definition) is 2. The molecule has 0 aliphatic rings. The first-order valence-electron chi connectivity index (χ1n) is 6.98. The van der Waals surface area contributed by atoms with Crippen LogP contribution in [0.1, 0.15) is 34.1 Å². The highest BCUT2D eigenvalue weighted by Gasteiger charge is 2.72. The second kappa shape index (κ2) is 7.12. The smallest absolute Gasteiger partial charge is 0.390 e. The molecule has 25 heavy (non-hydrogen) atoms. The molecule has 0 amide bonds. The summed E-state index contributed by atoms with van der Waals surface area (Å²) in [4.78, 5) is 0. The van der Waals surface area contributed by atoms with Crippen LogP contribution in [0.3, 0.4) is 0 Å². The van der Waals surface area contributed by atoms with Gasteiger partial charge in [0.05, 0.1) is 0 Å². The Hall–Kier alpha value is -0.720. The number of halogens is 8. The Bertz CT molecular complexity index is 455. The number of rotatable bonds is 10. The molecule has 0 radical (unpaired) electrons. The van der Waals surface area contributed by atoms with E-state index in [-0.39, 0.29) is 6.92 Å². The molecule has 0 aliphatic carbocycles. The molecular weight excluding hydrogens is 372 g/mol. The van der Waals surface area contributed by atoms with Crippen LogP contribution >= 0.6 is 0 Å². The van der Waals surface area contributed by atoms with Crippen LogP contribution in [0.2, 0.25) is 0 Å². The predicted molar refractivity (Wildman–Crippen MR) is 68.9 cm³/mol. The number of aliphatic hydroxyl groups excluding tert-OH is 2. The maximum absolute atomic E-state index is 14.2. The van der Waals surface area contributed by atoms with Gasteiger partial charge >= 0.3 is 18.1 Å². The molecular formula is C13H20F8O4. The van der Waals surface area contributed by atoms with E-state index in [2.05, 4.69) is 9.47 Å². The third-order valence-corrected chi connectivity index (χ3v) is 3.73. The highest BCUT2D eigenvalue weighted by molar-refractivity contribution is 4.99. The van der Waals surface area contributed by atoms with Crippen LogP contribution in [-0.2, 0) is 9.47 Å². The Morgan fingerprint density at radius 2 is 1.20 bits per heavy atom. The summed E-state index contributed by atoms with van der Waals surface area (Å²) in [7, 11) is 0. The van der Waals surface area contributed by atoms with Crippen LogP contribution < -0.4 is 0 Å². The van der Waals surface area contributed by atoms with E-state index in [1.165, 1.54) is 0 Å². The van der Waals surface area contributed by atoms with Crippen molar-refractivity contribution >= 4 is 0 Å². The molecule has 0 aromatic carbocycles. The SMILES string of the molecule is CCC(C)(OC(F)(F)CO)C(F)(F)C(F)(F)OC(C)(C)C(F)(F)CO. The molecule has 0 bridgehead atoms. The molecule has 0 saturated carbocycles. The Morgan fingerprint density at radius 1 is 0.760 bits per heavy atom. The van der Waals surface area contributed by atoms with Gasteiger partial charge in [-0.05, 0) is 27.2 Å². The van der Waals surface area contributed by atoms with Crippen molar-refractivity contribution in [3.8, 4) is 0 Å². The summed E-state index contributed by atoms with van der Waals surface area (Å²) in [5.41, 5.74) is -6.85. The number of hydrogen-bond acceptors (Lipinski definition) is 4. The van der Waals surface area contributed by atoms with E-state index in [1.54, 1.807) is 0 Å². The van der Waals surface area contributed by atoms with Gasteiger partial charge in [0.1, 0.15) is 24.4 Å². The van der Waals surface area contributed by atoms with Crippen molar-refractivity contribution in [1.82, 2.24) is 0 Å². The summed E-state index contributed by atoms with van der Waals surface area (Å²) < 4.78 is 117. The zero-order chi connectivity index (χ0) is 20.5. The minimum Gasteiger partial charge on any atom is -0.390 e. The van der Waals surface area contributed by atoms with E-state index in [1.807, 2.05) is 0 Å². The molecule has 0 aromatic rings. The van der Waals surface area contributed by atoms with Crippen molar-refractivity contribution in [2.45, 2.75) is 69.4 Å². The Kier molecular flexibility index (Phi) is 6.92. The number of aliphatic hydroxyl groups is 2. The second-order valence-corrected chi connectivity index (χ2v) is 6.05. The minimum atomic E-state index is -5.68. The largest absolute Gasteiger partial charge is 0.423 e. The predicted octanol–water partition coefficient (Wildman–Crippen LogP) is 3.41. The molecule has 0 saturated heterocycles. The second-order valence-electron chi connectivity index (χ2n) is 6.05. The lowest BCUT2D eigenvalue weighted by molar-refractivity contribution is -0.449. The van der Waals surface area contributed by atoms with Crippen molar-refractivity contribution in [2.24, 2.45) is 0 Å². The molecule has 4 nitrogen and oxygen atoms in total. The lowest BCUT2D eigenvalue weighted by Crippen LogP contribution is -2.64. The van der Waals surface area contributed by atoms with Gasteiger partial charge in [-0.3, -0.25) is 0 Å². The van der Waals surface area contributed by atoms with Gasteiger partial charge in [0.25, 0.3) is 5.92 Å². The highest BCUT2D eigenvalue weighted by atomic mass is 19.3. The van der Waals surface area contributed by atoms with Gasteiger partial charge in [-0.1, -0.05) is 6.92 Å². The standard InChI is InChI=1S/C13H20F8O4/c1-5-9(4,25-11(16,17)7-23)12(18,19)13(20,21)24-8(2,3)10(14,15)6-22/h22-23H,5-7H2,1-4H3. The topological polar surface area (TPSA) is 58.9 Å². The van der Waals surface area contributed by atoms with Gasteiger partial charge in [0, 0.05) is 0 Å². The van der Waals surface area contributed by atoms with Crippen molar-refractivity contribution < 1.29 is 54.8 Å². The Labute approximate surface area is 138 Å². The zero-order valence-corrected chi connectivity index (χ0v) is 13.9. The zero-order valence-electron chi connectivity index (χ0n) is 13.9. The summed E-state index contributed by atoms with van der Waals surface area (Å²) in [5, 5.41) is 16.9. The molecule has 0 fully saturated rings.